The van der Waals surface area contributed by atoms with Gasteiger partial charge in [0.1, 0.15) is 0 Å². The van der Waals surface area contributed by atoms with Crippen molar-refractivity contribution in [1.82, 2.24) is 15.5 Å². The minimum Gasteiger partial charge on any atom is -0.350 e. The highest BCUT2D eigenvalue weighted by molar-refractivity contribution is 5.78. The minimum absolute atomic E-state index is 0.0972. The molecule has 0 aromatic rings. The van der Waals surface area contributed by atoms with Crippen LogP contribution < -0.4 is 10.6 Å². The Balaban J connectivity index is 2.44. The molecule has 0 spiro atoms. The van der Waals surface area contributed by atoms with Gasteiger partial charge in [-0.2, -0.15) is 0 Å². The smallest absolute Gasteiger partial charge is 0.234 e. The first kappa shape index (κ1) is 14.5. The van der Waals surface area contributed by atoms with Gasteiger partial charge >= 0.3 is 0 Å². The maximum atomic E-state index is 12.0. The van der Waals surface area contributed by atoms with Gasteiger partial charge < -0.3 is 10.6 Å². The Morgan fingerprint density at radius 3 is 2.71 bits per heavy atom. The summed E-state index contributed by atoms with van der Waals surface area (Å²) in [6, 6.07) is 0.903. The summed E-state index contributed by atoms with van der Waals surface area (Å²) in [5.74, 6) is 0.137. The van der Waals surface area contributed by atoms with Crippen LogP contribution >= 0.6 is 0 Å². The highest BCUT2D eigenvalue weighted by Gasteiger charge is 2.25. The van der Waals surface area contributed by atoms with Crippen LogP contribution in [0.1, 0.15) is 41.0 Å². The second kappa shape index (κ2) is 5.83. The Morgan fingerprint density at radius 1 is 1.47 bits per heavy atom. The number of rotatable bonds is 4. The number of hydrogen-bond donors (Lipinski definition) is 2. The first-order chi connectivity index (χ1) is 7.84. The molecule has 2 unspecified atom stereocenters. The van der Waals surface area contributed by atoms with Crippen molar-refractivity contribution in [2.75, 3.05) is 19.6 Å². The van der Waals surface area contributed by atoms with E-state index in [1.807, 2.05) is 0 Å². The molecule has 1 saturated heterocycles. The van der Waals surface area contributed by atoms with Crippen LogP contribution in [0.25, 0.3) is 0 Å². The molecular formula is C13H27N3O. The number of piperazine rings is 1. The van der Waals surface area contributed by atoms with E-state index in [2.05, 4.69) is 50.2 Å². The zero-order valence-corrected chi connectivity index (χ0v) is 11.8. The third-order valence-electron chi connectivity index (χ3n) is 3.60. The van der Waals surface area contributed by atoms with E-state index >= 15 is 0 Å². The van der Waals surface area contributed by atoms with Crippen LogP contribution in [0.2, 0.25) is 0 Å². The van der Waals surface area contributed by atoms with Crippen LogP contribution in [0.15, 0.2) is 0 Å². The monoisotopic (exact) mass is 241 g/mol. The van der Waals surface area contributed by atoms with E-state index in [0.717, 1.165) is 19.5 Å². The van der Waals surface area contributed by atoms with Crippen molar-refractivity contribution in [2.24, 2.45) is 0 Å². The first-order valence-corrected chi connectivity index (χ1v) is 6.62. The summed E-state index contributed by atoms with van der Waals surface area (Å²) in [5.41, 5.74) is -0.0972. The number of nitrogens with one attached hydrogen (secondary N) is 2. The Bertz CT molecular complexity index is 265. The van der Waals surface area contributed by atoms with Crippen molar-refractivity contribution in [2.45, 2.75) is 58.7 Å². The lowest BCUT2D eigenvalue weighted by Crippen LogP contribution is -2.57. The SMILES string of the molecule is CCC(C)(C)NC(=O)CN1CC(C)NCC1C. The van der Waals surface area contributed by atoms with Crippen molar-refractivity contribution in [3.63, 3.8) is 0 Å². The zero-order chi connectivity index (χ0) is 13.1. The molecule has 1 heterocycles. The van der Waals surface area contributed by atoms with E-state index in [4.69, 9.17) is 0 Å². The van der Waals surface area contributed by atoms with Gasteiger partial charge in [-0.25, -0.2) is 0 Å². The average molecular weight is 241 g/mol. The van der Waals surface area contributed by atoms with Crippen LogP contribution in [0, 0.1) is 0 Å². The molecule has 1 aliphatic heterocycles. The first-order valence-electron chi connectivity index (χ1n) is 6.62. The van der Waals surface area contributed by atoms with Crippen LogP contribution in [-0.2, 0) is 4.79 Å². The molecule has 100 valence electrons. The number of carbonyl (C=O) groups is 1. The summed E-state index contributed by atoms with van der Waals surface area (Å²) >= 11 is 0. The quantitative estimate of drug-likeness (QED) is 0.771. The topological polar surface area (TPSA) is 44.4 Å². The van der Waals surface area contributed by atoms with Gasteiger partial charge in [0, 0.05) is 30.7 Å². The average Bonchev–Trinajstić information content (AvgIpc) is 2.23. The van der Waals surface area contributed by atoms with Gasteiger partial charge in [0.2, 0.25) is 5.91 Å². The van der Waals surface area contributed by atoms with Gasteiger partial charge in [-0.05, 0) is 34.1 Å². The molecule has 1 aliphatic rings. The second-order valence-corrected chi connectivity index (χ2v) is 5.87. The molecule has 0 bridgehead atoms. The van der Waals surface area contributed by atoms with E-state index in [0.29, 0.717) is 18.6 Å². The van der Waals surface area contributed by atoms with Crippen molar-refractivity contribution >= 4 is 5.91 Å². The molecule has 2 N–H and O–H groups in total. The van der Waals surface area contributed by atoms with E-state index in [-0.39, 0.29) is 11.4 Å². The van der Waals surface area contributed by atoms with Crippen LogP contribution in [0.4, 0.5) is 0 Å². The molecular weight excluding hydrogens is 214 g/mol. The minimum atomic E-state index is -0.0972. The molecule has 0 aromatic carbocycles. The van der Waals surface area contributed by atoms with Crippen molar-refractivity contribution in [3.8, 4) is 0 Å². The Kier molecular flexibility index (Phi) is 4.95. The lowest BCUT2D eigenvalue weighted by Gasteiger charge is -2.37. The molecule has 4 nitrogen and oxygen atoms in total. The highest BCUT2D eigenvalue weighted by Crippen LogP contribution is 2.09. The highest BCUT2D eigenvalue weighted by atomic mass is 16.2. The molecule has 4 heteroatoms. The van der Waals surface area contributed by atoms with Crippen molar-refractivity contribution in [1.29, 1.82) is 0 Å². The van der Waals surface area contributed by atoms with Gasteiger partial charge in [0.25, 0.3) is 0 Å². The molecule has 17 heavy (non-hydrogen) atoms. The van der Waals surface area contributed by atoms with Gasteiger partial charge in [0.05, 0.1) is 6.54 Å². The summed E-state index contributed by atoms with van der Waals surface area (Å²) in [4.78, 5) is 14.2. The van der Waals surface area contributed by atoms with E-state index < -0.39 is 0 Å². The van der Waals surface area contributed by atoms with E-state index in [9.17, 15) is 4.79 Å². The third-order valence-corrected chi connectivity index (χ3v) is 3.60. The van der Waals surface area contributed by atoms with E-state index in [1.165, 1.54) is 0 Å². The van der Waals surface area contributed by atoms with Crippen LogP contribution in [0.5, 0.6) is 0 Å². The summed E-state index contributed by atoms with van der Waals surface area (Å²) < 4.78 is 0. The maximum absolute atomic E-state index is 12.0. The predicted octanol–water partition coefficient (Wildman–Crippen LogP) is 0.973. The van der Waals surface area contributed by atoms with Gasteiger partial charge in [-0.1, -0.05) is 6.92 Å². The Hall–Kier alpha value is -0.610. The summed E-state index contributed by atoms with van der Waals surface area (Å²) in [6.45, 7) is 13.0. The lowest BCUT2D eigenvalue weighted by atomic mass is 10.0. The largest absolute Gasteiger partial charge is 0.350 e. The van der Waals surface area contributed by atoms with Crippen molar-refractivity contribution < 1.29 is 4.79 Å². The van der Waals surface area contributed by atoms with Gasteiger partial charge in [-0.3, -0.25) is 9.69 Å². The summed E-state index contributed by atoms with van der Waals surface area (Å²) in [5, 5.41) is 6.51. The van der Waals surface area contributed by atoms with Crippen LogP contribution in [0.3, 0.4) is 0 Å². The molecule has 0 aromatic heterocycles. The predicted molar refractivity (Wildman–Crippen MR) is 71.0 cm³/mol. The van der Waals surface area contributed by atoms with Gasteiger partial charge in [-0.15, -0.1) is 0 Å². The Labute approximate surface area is 105 Å². The molecule has 0 radical (unpaired) electrons. The molecule has 1 fully saturated rings. The maximum Gasteiger partial charge on any atom is 0.234 e. The number of carbonyl (C=O) groups excluding carboxylic acids is 1. The van der Waals surface area contributed by atoms with E-state index in [1.54, 1.807) is 0 Å². The molecule has 0 saturated carbocycles. The second-order valence-electron chi connectivity index (χ2n) is 5.87. The van der Waals surface area contributed by atoms with Gasteiger partial charge in [0.15, 0.2) is 0 Å². The molecule has 2 atom stereocenters. The zero-order valence-electron chi connectivity index (χ0n) is 11.8. The standard InChI is InChI=1S/C13H27N3O/c1-6-13(4,5)15-12(17)9-16-8-10(2)14-7-11(16)3/h10-11,14H,6-9H2,1-5H3,(H,15,17). The fourth-order valence-corrected chi connectivity index (χ4v) is 2.01. The number of hydrogen-bond acceptors (Lipinski definition) is 3. The molecule has 1 rings (SSSR count). The number of amides is 1. The normalized spacial score (nSPS) is 26.9. The Morgan fingerprint density at radius 2 is 2.12 bits per heavy atom. The number of nitrogens with zero attached hydrogens (tertiary/aromatic N) is 1. The van der Waals surface area contributed by atoms with Crippen LogP contribution in [-0.4, -0.2) is 48.1 Å². The molecule has 0 aliphatic carbocycles. The van der Waals surface area contributed by atoms with Crippen molar-refractivity contribution in [3.05, 3.63) is 0 Å². The summed E-state index contributed by atoms with van der Waals surface area (Å²) in [7, 11) is 0. The fourth-order valence-electron chi connectivity index (χ4n) is 2.01. The lowest BCUT2D eigenvalue weighted by molar-refractivity contribution is -0.124. The fraction of sp³-hybridized carbons (Fsp3) is 0.923. The summed E-state index contributed by atoms with van der Waals surface area (Å²) in [6.07, 6.45) is 0.951. The third kappa shape index (κ3) is 4.64. The molecule has 1 amide bonds.